The number of hydrogen-bond donors (Lipinski definition) is 0. The smallest absolute Gasteiger partial charge is 0.0524 e. The fourth-order valence-electron chi connectivity index (χ4n) is 1.13. The summed E-state index contributed by atoms with van der Waals surface area (Å²) in [5, 5.41) is 0. The summed E-state index contributed by atoms with van der Waals surface area (Å²) in [6.45, 7) is 1.90. The molecule has 0 unspecified atom stereocenters. The maximum absolute atomic E-state index is 5.12. The van der Waals surface area contributed by atoms with E-state index in [4.69, 9.17) is 4.74 Å². The lowest BCUT2D eigenvalue weighted by atomic mass is 10.1. The van der Waals surface area contributed by atoms with Gasteiger partial charge in [-0.1, -0.05) is 15.9 Å². The minimum atomic E-state index is 0.772. The van der Waals surface area contributed by atoms with Crippen LogP contribution in [0.5, 0.6) is 0 Å². The third-order valence-electron chi connectivity index (χ3n) is 2.01. The van der Waals surface area contributed by atoms with Gasteiger partial charge in [-0.25, -0.2) is 0 Å². The number of rotatable bonds is 3. The van der Waals surface area contributed by atoms with E-state index in [1.165, 1.54) is 10.6 Å². The second-order valence-corrected chi connectivity index (χ2v) is 5.18. The molecule has 0 N–H and O–H groups in total. The Bertz CT molecular complexity index is 269. The fourth-order valence-corrected chi connectivity index (χ4v) is 2.34. The van der Waals surface area contributed by atoms with Crippen LogP contribution in [0, 0.1) is 5.92 Å². The van der Waals surface area contributed by atoms with Crippen molar-refractivity contribution < 1.29 is 4.74 Å². The van der Waals surface area contributed by atoms with Crippen molar-refractivity contribution in [3.8, 4) is 0 Å². The summed E-state index contributed by atoms with van der Waals surface area (Å²) in [5.41, 5.74) is 0. The molecular weight excluding hydrogens is 248 g/mol. The first-order chi connectivity index (χ1) is 6.34. The largest absolute Gasteiger partial charge is 0.381 e. The summed E-state index contributed by atoms with van der Waals surface area (Å²) in [6, 6.07) is 8.46. The molecule has 1 fully saturated rings. The second-order valence-electron chi connectivity index (χ2n) is 3.17. The molecule has 2 rings (SSSR count). The summed E-state index contributed by atoms with van der Waals surface area (Å²) in [6.07, 6.45) is 0. The van der Waals surface area contributed by atoms with Gasteiger partial charge in [-0.05, 0) is 24.3 Å². The minimum absolute atomic E-state index is 0.772. The molecule has 1 saturated heterocycles. The van der Waals surface area contributed by atoms with Crippen molar-refractivity contribution >= 4 is 27.7 Å². The van der Waals surface area contributed by atoms with Crippen LogP contribution in [0.25, 0.3) is 0 Å². The van der Waals surface area contributed by atoms with Gasteiger partial charge in [0, 0.05) is 21.0 Å². The molecule has 0 aliphatic carbocycles. The average molecular weight is 259 g/mol. The zero-order valence-corrected chi connectivity index (χ0v) is 9.61. The molecule has 0 bridgehead atoms. The molecular formula is C10H11BrOS. The first-order valence-electron chi connectivity index (χ1n) is 4.31. The molecule has 1 aliphatic heterocycles. The van der Waals surface area contributed by atoms with Gasteiger partial charge in [-0.15, -0.1) is 11.8 Å². The number of thioether (sulfide) groups is 1. The van der Waals surface area contributed by atoms with Crippen molar-refractivity contribution in [2.24, 2.45) is 5.92 Å². The number of benzene rings is 1. The highest BCUT2D eigenvalue weighted by Gasteiger charge is 2.17. The number of ether oxygens (including phenoxy) is 1. The van der Waals surface area contributed by atoms with Gasteiger partial charge in [0.25, 0.3) is 0 Å². The van der Waals surface area contributed by atoms with Gasteiger partial charge in [-0.2, -0.15) is 0 Å². The van der Waals surface area contributed by atoms with Crippen molar-refractivity contribution in [3.63, 3.8) is 0 Å². The standard InChI is InChI=1S/C10H11BrOS/c11-9-1-3-10(4-2-9)13-7-8-5-12-6-8/h1-4,8H,5-7H2. The van der Waals surface area contributed by atoms with Crippen molar-refractivity contribution in [1.29, 1.82) is 0 Å². The highest BCUT2D eigenvalue weighted by Crippen LogP contribution is 2.25. The van der Waals surface area contributed by atoms with E-state index in [1.54, 1.807) is 0 Å². The van der Waals surface area contributed by atoms with E-state index in [1.807, 2.05) is 11.8 Å². The summed E-state index contributed by atoms with van der Waals surface area (Å²) >= 11 is 5.33. The van der Waals surface area contributed by atoms with Crippen LogP contribution in [-0.4, -0.2) is 19.0 Å². The average Bonchev–Trinajstić information content (AvgIpc) is 2.05. The minimum Gasteiger partial charge on any atom is -0.381 e. The predicted octanol–water partition coefficient (Wildman–Crippen LogP) is 3.19. The molecule has 0 spiro atoms. The third kappa shape index (κ3) is 2.73. The van der Waals surface area contributed by atoms with Crippen LogP contribution in [0.2, 0.25) is 0 Å². The van der Waals surface area contributed by atoms with Crippen LogP contribution in [0.1, 0.15) is 0 Å². The van der Waals surface area contributed by atoms with Gasteiger partial charge < -0.3 is 4.74 Å². The highest BCUT2D eigenvalue weighted by molar-refractivity contribution is 9.10. The van der Waals surface area contributed by atoms with Gasteiger partial charge in [-0.3, -0.25) is 0 Å². The Morgan fingerprint density at radius 2 is 2.00 bits per heavy atom. The Kier molecular flexibility index (Phi) is 3.30. The van der Waals surface area contributed by atoms with E-state index in [0.29, 0.717) is 0 Å². The Morgan fingerprint density at radius 3 is 2.54 bits per heavy atom. The second kappa shape index (κ2) is 4.49. The molecule has 0 atom stereocenters. The zero-order valence-electron chi connectivity index (χ0n) is 7.20. The Morgan fingerprint density at radius 1 is 1.31 bits per heavy atom. The first kappa shape index (κ1) is 9.56. The highest BCUT2D eigenvalue weighted by atomic mass is 79.9. The fraction of sp³-hybridized carbons (Fsp3) is 0.400. The molecule has 0 saturated carbocycles. The van der Waals surface area contributed by atoms with Crippen molar-refractivity contribution in [2.75, 3.05) is 19.0 Å². The molecule has 3 heteroatoms. The molecule has 70 valence electrons. The zero-order chi connectivity index (χ0) is 9.10. The van der Waals surface area contributed by atoms with Crippen LogP contribution in [-0.2, 0) is 4.74 Å². The molecule has 0 amide bonds. The molecule has 1 aromatic carbocycles. The third-order valence-corrected chi connectivity index (χ3v) is 3.78. The lowest BCUT2D eigenvalue weighted by Crippen LogP contribution is -2.29. The summed E-state index contributed by atoms with van der Waals surface area (Å²) in [4.78, 5) is 1.34. The van der Waals surface area contributed by atoms with E-state index in [0.717, 1.165) is 23.6 Å². The number of hydrogen-bond acceptors (Lipinski definition) is 2. The summed E-state index contributed by atoms with van der Waals surface area (Å²) < 4.78 is 6.26. The van der Waals surface area contributed by atoms with E-state index >= 15 is 0 Å². The molecule has 1 nitrogen and oxygen atoms in total. The summed E-state index contributed by atoms with van der Waals surface area (Å²) in [7, 11) is 0. The molecule has 0 aromatic heterocycles. The predicted molar refractivity (Wildman–Crippen MR) is 59.2 cm³/mol. The summed E-state index contributed by atoms with van der Waals surface area (Å²) in [5.74, 6) is 1.95. The lowest BCUT2D eigenvalue weighted by molar-refractivity contribution is -0.0196. The van der Waals surface area contributed by atoms with Gasteiger partial charge in [0.1, 0.15) is 0 Å². The van der Waals surface area contributed by atoms with Crippen molar-refractivity contribution in [1.82, 2.24) is 0 Å². The topological polar surface area (TPSA) is 9.23 Å². The van der Waals surface area contributed by atoms with Crippen LogP contribution in [0.15, 0.2) is 33.6 Å². The van der Waals surface area contributed by atoms with Crippen LogP contribution < -0.4 is 0 Å². The van der Waals surface area contributed by atoms with Gasteiger partial charge in [0.2, 0.25) is 0 Å². The first-order valence-corrected chi connectivity index (χ1v) is 6.08. The maximum Gasteiger partial charge on any atom is 0.0524 e. The van der Waals surface area contributed by atoms with Gasteiger partial charge in [0.05, 0.1) is 13.2 Å². The van der Waals surface area contributed by atoms with Crippen LogP contribution >= 0.6 is 27.7 Å². The van der Waals surface area contributed by atoms with Crippen LogP contribution in [0.4, 0.5) is 0 Å². The Labute approximate surface area is 91.0 Å². The van der Waals surface area contributed by atoms with Crippen molar-refractivity contribution in [2.45, 2.75) is 4.90 Å². The molecule has 1 heterocycles. The van der Waals surface area contributed by atoms with E-state index in [9.17, 15) is 0 Å². The molecule has 1 aromatic rings. The van der Waals surface area contributed by atoms with Crippen molar-refractivity contribution in [3.05, 3.63) is 28.7 Å². The van der Waals surface area contributed by atoms with E-state index in [2.05, 4.69) is 40.2 Å². The van der Waals surface area contributed by atoms with E-state index < -0.39 is 0 Å². The van der Waals surface area contributed by atoms with Crippen LogP contribution in [0.3, 0.4) is 0 Å². The molecule has 1 aliphatic rings. The van der Waals surface area contributed by atoms with Gasteiger partial charge in [0.15, 0.2) is 0 Å². The quantitative estimate of drug-likeness (QED) is 0.771. The number of halogens is 1. The molecule has 13 heavy (non-hydrogen) atoms. The SMILES string of the molecule is Brc1ccc(SCC2COC2)cc1. The van der Waals surface area contributed by atoms with E-state index in [-0.39, 0.29) is 0 Å². The normalized spacial score (nSPS) is 17.0. The lowest BCUT2D eigenvalue weighted by Gasteiger charge is -2.25. The van der Waals surface area contributed by atoms with Gasteiger partial charge >= 0.3 is 0 Å². The monoisotopic (exact) mass is 258 g/mol. The molecule has 0 radical (unpaired) electrons. The Balaban J connectivity index is 1.83. The maximum atomic E-state index is 5.12. The Hall–Kier alpha value is 0.01000.